The molecule has 0 radical (unpaired) electrons. The lowest BCUT2D eigenvalue weighted by Gasteiger charge is -2.11. The first-order valence-corrected chi connectivity index (χ1v) is 6.06. The summed E-state index contributed by atoms with van der Waals surface area (Å²) in [5, 5.41) is 4.48. The quantitative estimate of drug-likeness (QED) is 0.912. The molecule has 1 aromatic heterocycles. The molecule has 0 atom stereocenters. The second-order valence-corrected chi connectivity index (χ2v) is 4.37. The number of nitrogens with two attached hydrogens (primary N) is 1. The minimum atomic E-state index is 0.468. The topological polar surface area (TPSA) is 62.3 Å². The Morgan fingerprint density at radius 1 is 1.16 bits per heavy atom. The van der Waals surface area contributed by atoms with E-state index < -0.39 is 0 Å². The Morgan fingerprint density at radius 2 is 1.79 bits per heavy atom. The minimum Gasteiger partial charge on any atom is -0.493 e. The number of aryl methyl sites for hydroxylation is 2. The van der Waals surface area contributed by atoms with Crippen molar-refractivity contribution in [2.45, 2.75) is 13.5 Å². The van der Waals surface area contributed by atoms with E-state index >= 15 is 0 Å². The van der Waals surface area contributed by atoms with Crippen molar-refractivity contribution >= 4 is 0 Å². The maximum absolute atomic E-state index is 5.68. The lowest BCUT2D eigenvalue weighted by Crippen LogP contribution is -2.03. The molecule has 102 valence electrons. The van der Waals surface area contributed by atoms with E-state index in [9.17, 15) is 0 Å². The molecule has 0 aliphatic carbocycles. The van der Waals surface area contributed by atoms with Crippen molar-refractivity contribution in [3.05, 3.63) is 29.5 Å². The van der Waals surface area contributed by atoms with Gasteiger partial charge in [-0.3, -0.25) is 4.68 Å². The molecule has 0 unspecified atom stereocenters. The number of benzene rings is 1. The highest BCUT2D eigenvalue weighted by molar-refractivity contribution is 5.68. The predicted molar refractivity (Wildman–Crippen MR) is 74.4 cm³/mol. The van der Waals surface area contributed by atoms with Gasteiger partial charge in [0.15, 0.2) is 11.5 Å². The summed E-state index contributed by atoms with van der Waals surface area (Å²) in [5.74, 6) is 1.42. The highest BCUT2D eigenvalue weighted by atomic mass is 16.5. The Labute approximate surface area is 112 Å². The third-order valence-electron chi connectivity index (χ3n) is 3.19. The van der Waals surface area contributed by atoms with E-state index in [1.165, 1.54) is 0 Å². The average Bonchev–Trinajstić information content (AvgIpc) is 2.79. The zero-order chi connectivity index (χ0) is 14.0. The van der Waals surface area contributed by atoms with E-state index in [1.54, 1.807) is 18.9 Å². The molecular weight excluding hydrogens is 242 g/mol. The SMILES string of the molecule is COc1cc(C)c(-c2cc(CN)n(C)n2)cc1OC. The zero-order valence-corrected chi connectivity index (χ0v) is 11.7. The van der Waals surface area contributed by atoms with Crippen LogP contribution in [0.3, 0.4) is 0 Å². The number of methoxy groups -OCH3 is 2. The summed E-state index contributed by atoms with van der Waals surface area (Å²) >= 11 is 0. The fourth-order valence-corrected chi connectivity index (χ4v) is 2.09. The normalized spacial score (nSPS) is 10.6. The van der Waals surface area contributed by atoms with Crippen molar-refractivity contribution in [3.8, 4) is 22.8 Å². The van der Waals surface area contributed by atoms with Crippen LogP contribution in [0.2, 0.25) is 0 Å². The largest absolute Gasteiger partial charge is 0.493 e. The number of hydrogen-bond acceptors (Lipinski definition) is 4. The van der Waals surface area contributed by atoms with Gasteiger partial charge < -0.3 is 15.2 Å². The van der Waals surface area contributed by atoms with E-state index in [2.05, 4.69) is 5.10 Å². The Hall–Kier alpha value is -2.01. The number of aromatic nitrogens is 2. The minimum absolute atomic E-state index is 0.468. The Bertz CT molecular complexity index is 591. The molecule has 1 heterocycles. The smallest absolute Gasteiger partial charge is 0.161 e. The summed E-state index contributed by atoms with van der Waals surface area (Å²) in [6, 6.07) is 5.88. The molecule has 1 aromatic carbocycles. The second-order valence-electron chi connectivity index (χ2n) is 4.37. The van der Waals surface area contributed by atoms with Gasteiger partial charge >= 0.3 is 0 Å². The van der Waals surface area contributed by atoms with Gasteiger partial charge in [0.25, 0.3) is 0 Å². The maximum Gasteiger partial charge on any atom is 0.161 e. The second kappa shape index (κ2) is 5.32. The van der Waals surface area contributed by atoms with Gasteiger partial charge in [-0.1, -0.05) is 0 Å². The lowest BCUT2D eigenvalue weighted by molar-refractivity contribution is 0.355. The Morgan fingerprint density at radius 3 is 2.32 bits per heavy atom. The van der Waals surface area contributed by atoms with Crippen LogP contribution in [0.1, 0.15) is 11.3 Å². The summed E-state index contributed by atoms with van der Waals surface area (Å²) in [5.41, 5.74) is 9.66. The molecule has 5 heteroatoms. The van der Waals surface area contributed by atoms with Gasteiger partial charge in [0.05, 0.1) is 25.6 Å². The van der Waals surface area contributed by atoms with Crippen LogP contribution in [0.5, 0.6) is 11.5 Å². The van der Waals surface area contributed by atoms with Crippen molar-refractivity contribution in [1.82, 2.24) is 9.78 Å². The summed E-state index contributed by atoms with van der Waals surface area (Å²) in [4.78, 5) is 0. The van der Waals surface area contributed by atoms with Gasteiger partial charge in [-0.2, -0.15) is 5.10 Å². The molecular formula is C14H19N3O2. The van der Waals surface area contributed by atoms with Gasteiger partial charge in [0.2, 0.25) is 0 Å². The van der Waals surface area contributed by atoms with Crippen LogP contribution in [-0.4, -0.2) is 24.0 Å². The Balaban J connectivity index is 2.54. The molecule has 5 nitrogen and oxygen atoms in total. The molecule has 0 fully saturated rings. The molecule has 0 saturated heterocycles. The van der Waals surface area contributed by atoms with E-state index in [4.69, 9.17) is 15.2 Å². The number of hydrogen-bond donors (Lipinski definition) is 1. The van der Waals surface area contributed by atoms with Gasteiger partial charge in [-0.25, -0.2) is 0 Å². The highest BCUT2D eigenvalue weighted by Gasteiger charge is 2.13. The summed E-state index contributed by atoms with van der Waals surface area (Å²) in [6.45, 7) is 2.49. The van der Waals surface area contributed by atoms with Crippen molar-refractivity contribution in [2.24, 2.45) is 12.8 Å². The lowest BCUT2D eigenvalue weighted by atomic mass is 10.0. The zero-order valence-electron chi connectivity index (χ0n) is 11.7. The molecule has 0 aliphatic rings. The summed E-state index contributed by atoms with van der Waals surface area (Å²) < 4.78 is 12.4. The monoisotopic (exact) mass is 261 g/mol. The first kappa shape index (κ1) is 13.4. The van der Waals surface area contributed by atoms with Crippen LogP contribution >= 0.6 is 0 Å². The van der Waals surface area contributed by atoms with Gasteiger partial charge in [-0.05, 0) is 30.7 Å². The predicted octanol–water partition coefficient (Wildman–Crippen LogP) is 1.87. The van der Waals surface area contributed by atoms with Crippen molar-refractivity contribution in [1.29, 1.82) is 0 Å². The molecule has 0 saturated carbocycles. The fourth-order valence-electron chi connectivity index (χ4n) is 2.09. The van der Waals surface area contributed by atoms with Gasteiger partial charge in [0.1, 0.15) is 0 Å². The molecule has 0 bridgehead atoms. The van der Waals surface area contributed by atoms with E-state index in [0.29, 0.717) is 12.3 Å². The summed E-state index contributed by atoms with van der Waals surface area (Å²) in [7, 11) is 5.15. The highest BCUT2D eigenvalue weighted by Crippen LogP contribution is 2.34. The molecule has 19 heavy (non-hydrogen) atoms. The van der Waals surface area contributed by atoms with Crippen LogP contribution < -0.4 is 15.2 Å². The maximum atomic E-state index is 5.68. The van der Waals surface area contributed by atoms with Gasteiger partial charge in [-0.15, -0.1) is 0 Å². The van der Waals surface area contributed by atoms with E-state index in [0.717, 1.165) is 28.3 Å². The molecule has 2 aromatic rings. The van der Waals surface area contributed by atoms with E-state index in [-0.39, 0.29) is 0 Å². The van der Waals surface area contributed by atoms with Crippen LogP contribution in [0.4, 0.5) is 0 Å². The van der Waals surface area contributed by atoms with Crippen LogP contribution in [0, 0.1) is 6.92 Å². The average molecular weight is 261 g/mol. The fraction of sp³-hybridized carbons (Fsp3) is 0.357. The molecule has 0 aliphatic heterocycles. The first-order chi connectivity index (χ1) is 9.10. The van der Waals surface area contributed by atoms with Crippen molar-refractivity contribution in [3.63, 3.8) is 0 Å². The third-order valence-corrected chi connectivity index (χ3v) is 3.19. The summed E-state index contributed by atoms with van der Waals surface area (Å²) in [6.07, 6.45) is 0. The number of rotatable bonds is 4. The standard InChI is InChI=1S/C14H19N3O2/c1-9-5-13(18-3)14(19-4)7-11(9)12-6-10(8-15)17(2)16-12/h5-7H,8,15H2,1-4H3. The molecule has 2 rings (SSSR count). The molecule has 0 amide bonds. The van der Waals surface area contributed by atoms with Crippen LogP contribution in [0.15, 0.2) is 18.2 Å². The number of ether oxygens (including phenoxy) is 2. The molecule has 0 spiro atoms. The van der Waals surface area contributed by atoms with E-state index in [1.807, 2.05) is 32.2 Å². The number of nitrogens with zero attached hydrogens (tertiary/aromatic N) is 2. The third kappa shape index (κ3) is 2.42. The molecule has 2 N–H and O–H groups in total. The van der Waals surface area contributed by atoms with Gasteiger partial charge in [0, 0.05) is 19.2 Å². The van der Waals surface area contributed by atoms with Crippen LogP contribution in [0.25, 0.3) is 11.3 Å². The van der Waals surface area contributed by atoms with Crippen LogP contribution in [-0.2, 0) is 13.6 Å². The van der Waals surface area contributed by atoms with Crippen molar-refractivity contribution in [2.75, 3.05) is 14.2 Å². The Kier molecular flexibility index (Phi) is 3.76. The van der Waals surface area contributed by atoms with Crippen molar-refractivity contribution < 1.29 is 9.47 Å². The first-order valence-electron chi connectivity index (χ1n) is 6.06.